The van der Waals surface area contributed by atoms with Gasteiger partial charge in [-0.15, -0.1) is 0 Å². The molecule has 2 saturated heterocycles. The topological polar surface area (TPSA) is 64.7 Å². The summed E-state index contributed by atoms with van der Waals surface area (Å²) in [5.74, 6) is -1.01. The van der Waals surface area contributed by atoms with Gasteiger partial charge in [-0.3, -0.25) is 9.69 Å². The SMILES string of the molecule is O=C(Nc1cccc(CNC(=O)C2(C(F)(F)F)CCN(Cc3ccccc3)C2)c1)N1CCCC1. The van der Waals surface area contributed by atoms with E-state index in [2.05, 4.69) is 10.6 Å². The fraction of sp³-hybridized carbons (Fsp3) is 0.440. The van der Waals surface area contributed by atoms with Crippen LogP contribution in [0.1, 0.15) is 30.4 Å². The first-order chi connectivity index (χ1) is 16.3. The maximum Gasteiger partial charge on any atom is 0.404 e. The lowest BCUT2D eigenvalue weighted by Gasteiger charge is -2.30. The average molecular weight is 475 g/mol. The van der Waals surface area contributed by atoms with Gasteiger partial charge in [-0.1, -0.05) is 42.5 Å². The van der Waals surface area contributed by atoms with Crippen molar-refractivity contribution < 1.29 is 22.8 Å². The third kappa shape index (κ3) is 5.35. The van der Waals surface area contributed by atoms with E-state index in [9.17, 15) is 22.8 Å². The first kappa shape index (κ1) is 24.1. The highest BCUT2D eigenvalue weighted by atomic mass is 19.4. The molecule has 1 unspecified atom stereocenters. The fourth-order valence-electron chi connectivity index (χ4n) is 4.64. The molecule has 2 fully saturated rings. The number of urea groups is 1. The molecule has 9 heteroatoms. The third-order valence-electron chi connectivity index (χ3n) is 6.60. The van der Waals surface area contributed by atoms with E-state index in [4.69, 9.17) is 0 Å². The molecule has 2 N–H and O–H groups in total. The highest BCUT2D eigenvalue weighted by Crippen LogP contribution is 2.46. The predicted octanol–water partition coefficient (Wildman–Crippen LogP) is 4.39. The van der Waals surface area contributed by atoms with Crippen molar-refractivity contribution in [3.63, 3.8) is 0 Å². The predicted molar refractivity (Wildman–Crippen MR) is 123 cm³/mol. The zero-order valence-electron chi connectivity index (χ0n) is 18.9. The Balaban J connectivity index is 1.38. The van der Waals surface area contributed by atoms with E-state index in [1.807, 2.05) is 30.3 Å². The van der Waals surface area contributed by atoms with Crippen molar-refractivity contribution in [1.29, 1.82) is 0 Å². The van der Waals surface area contributed by atoms with Crippen molar-refractivity contribution in [3.05, 3.63) is 65.7 Å². The number of likely N-dealkylation sites (tertiary alicyclic amines) is 2. The minimum absolute atomic E-state index is 0.0528. The molecule has 4 rings (SSSR count). The molecular weight excluding hydrogens is 445 g/mol. The highest BCUT2D eigenvalue weighted by Gasteiger charge is 2.62. The van der Waals surface area contributed by atoms with Crippen molar-refractivity contribution in [2.45, 2.75) is 38.5 Å². The Bertz CT molecular complexity index is 1010. The Morgan fingerprint density at radius 3 is 2.35 bits per heavy atom. The number of nitrogens with one attached hydrogen (secondary N) is 2. The normalized spacial score (nSPS) is 21.0. The van der Waals surface area contributed by atoms with Crippen LogP contribution < -0.4 is 10.6 Å². The van der Waals surface area contributed by atoms with Gasteiger partial charge in [0.2, 0.25) is 5.91 Å². The van der Waals surface area contributed by atoms with E-state index >= 15 is 0 Å². The fourth-order valence-corrected chi connectivity index (χ4v) is 4.64. The first-order valence-corrected chi connectivity index (χ1v) is 11.5. The summed E-state index contributed by atoms with van der Waals surface area (Å²) in [4.78, 5) is 28.6. The standard InChI is InChI=1S/C25H29F3N4O2/c26-25(27,28)24(11-14-31(18-24)17-19-7-2-1-3-8-19)22(33)29-16-20-9-6-10-21(15-20)30-23(34)32-12-4-5-13-32/h1-3,6-10,15H,4-5,11-14,16-18H2,(H,29,33)(H,30,34). The van der Waals surface area contributed by atoms with Crippen molar-refractivity contribution in [2.24, 2.45) is 5.41 Å². The summed E-state index contributed by atoms with van der Waals surface area (Å²) >= 11 is 0. The maximum atomic E-state index is 14.1. The number of amides is 3. The van der Waals surface area contributed by atoms with Gasteiger partial charge in [0.15, 0.2) is 5.41 Å². The summed E-state index contributed by atoms with van der Waals surface area (Å²) in [6.07, 6.45) is -2.98. The molecule has 0 radical (unpaired) electrons. The molecule has 6 nitrogen and oxygen atoms in total. The zero-order valence-corrected chi connectivity index (χ0v) is 18.9. The van der Waals surface area contributed by atoms with Crippen LogP contribution >= 0.6 is 0 Å². The molecule has 0 spiro atoms. The van der Waals surface area contributed by atoms with E-state index < -0.39 is 17.5 Å². The van der Waals surface area contributed by atoms with Gasteiger partial charge in [0.25, 0.3) is 0 Å². The summed E-state index contributed by atoms with van der Waals surface area (Å²) in [7, 11) is 0. The van der Waals surface area contributed by atoms with Gasteiger partial charge < -0.3 is 15.5 Å². The Hall–Kier alpha value is -3.07. The summed E-state index contributed by atoms with van der Waals surface area (Å²) in [6, 6.07) is 15.9. The van der Waals surface area contributed by atoms with Crippen LogP contribution in [0.25, 0.3) is 0 Å². The number of carbonyl (C=O) groups excluding carboxylic acids is 2. The number of alkyl halides is 3. The van der Waals surface area contributed by atoms with Gasteiger partial charge >= 0.3 is 12.2 Å². The van der Waals surface area contributed by atoms with Crippen LogP contribution in [-0.2, 0) is 17.9 Å². The van der Waals surface area contributed by atoms with E-state index in [0.29, 0.717) is 30.9 Å². The second kappa shape index (κ2) is 10.0. The van der Waals surface area contributed by atoms with Crippen LogP contribution in [0.2, 0.25) is 0 Å². The number of hydrogen-bond donors (Lipinski definition) is 2. The molecule has 1 atom stereocenters. The van der Waals surface area contributed by atoms with Gasteiger partial charge in [-0.25, -0.2) is 4.79 Å². The smallest absolute Gasteiger partial charge is 0.351 e. The summed E-state index contributed by atoms with van der Waals surface area (Å²) in [5.41, 5.74) is -0.370. The van der Waals surface area contributed by atoms with Crippen LogP contribution in [0.4, 0.5) is 23.7 Å². The van der Waals surface area contributed by atoms with Crippen molar-refractivity contribution in [3.8, 4) is 0 Å². The second-order valence-electron chi connectivity index (χ2n) is 9.03. The highest BCUT2D eigenvalue weighted by molar-refractivity contribution is 5.89. The van der Waals surface area contributed by atoms with Crippen LogP contribution in [0.15, 0.2) is 54.6 Å². The lowest BCUT2D eigenvalue weighted by molar-refractivity contribution is -0.218. The minimum atomic E-state index is -4.66. The lowest BCUT2D eigenvalue weighted by atomic mass is 9.85. The Labute approximate surface area is 197 Å². The maximum absolute atomic E-state index is 14.1. The zero-order chi connectivity index (χ0) is 24.2. The van der Waals surface area contributed by atoms with E-state index in [-0.39, 0.29) is 32.1 Å². The molecule has 2 aliphatic rings. The second-order valence-corrected chi connectivity index (χ2v) is 9.03. The van der Waals surface area contributed by atoms with Gasteiger partial charge in [-0.05, 0) is 49.1 Å². The van der Waals surface area contributed by atoms with E-state index in [1.54, 1.807) is 34.1 Å². The monoisotopic (exact) mass is 474 g/mol. The minimum Gasteiger partial charge on any atom is -0.351 e. The van der Waals surface area contributed by atoms with Crippen LogP contribution in [-0.4, -0.2) is 54.1 Å². The molecule has 2 aromatic rings. The Morgan fingerprint density at radius 1 is 0.941 bits per heavy atom. The number of nitrogens with zero attached hydrogens (tertiary/aromatic N) is 2. The van der Waals surface area contributed by atoms with E-state index in [1.165, 1.54) is 0 Å². The average Bonchev–Trinajstić information content (AvgIpc) is 3.49. The summed E-state index contributed by atoms with van der Waals surface area (Å²) in [6.45, 7) is 1.56. The number of carbonyl (C=O) groups is 2. The Kier molecular flexibility index (Phi) is 7.11. The van der Waals surface area contributed by atoms with Gasteiger partial charge in [0.05, 0.1) is 0 Å². The van der Waals surface area contributed by atoms with E-state index in [0.717, 1.165) is 18.4 Å². The summed E-state index contributed by atoms with van der Waals surface area (Å²) < 4.78 is 42.4. The van der Waals surface area contributed by atoms with Crippen LogP contribution in [0.3, 0.4) is 0 Å². The number of halogens is 3. The molecule has 3 amide bonds. The quantitative estimate of drug-likeness (QED) is 0.653. The van der Waals surface area contributed by atoms with Crippen molar-refractivity contribution in [2.75, 3.05) is 31.5 Å². The van der Waals surface area contributed by atoms with Crippen molar-refractivity contribution >= 4 is 17.6 Å². The Morgan fingerprint density at radius 2 is 1.65 bits per heavy atom. The van der Waals surface area contributed by atoms with Gasteiger partial charge in [0, 0.05) is 38.4 Å². The molecule has 0 aromatic heterocycles. The number of anilines is 1. The van der Waals surface area contributed by atoms with Gasteiger partial charge in [0.1, 0.15) is 0 Å². The lowest BCUT2D eigenvalue weighted by Crippen LogP contribution is -2.52. The molecule has 0 aliphatic carbocycles. The molecule has 2 aliphatic heterocycles. The third-order valence-corrected chi connectivity index (χ3v) is 6.60. The largest absolute Gasteiger partial charge is 0.404 e. The van der Waals surface area contributed by atoms with Crippen molar-refractivity contribution in [1.82, 2.24) is 15.1 Å². The van der Waals surface area contributed by atoms with Crippen LogP contribution in [0, 0.1) is 5.41 Å². The molecule has 34 heavy (non-hydrogen) atoms. The number of rotatable bonds is 6. The van der Waals surface area contributed by atoms with Gasteiger partial charge in [-0.2, -0.15) is 13.2 Å². The summed E-state index contributed by atoms with van der Waals surface area (Å²) in [5, 5.41) is 5.31. The first-order valence-electron chi connectivity index (χ1n) is 11.5. The molecule has 0 bridgehead atoms. The van der Waals surface area contributed by atoms with Crippen LogP contribution in [0.5, 0.6) is 0 Å². The number of benzene rings is 2. The number of hydrogen-bond acceptors (Lipinski definition) is 3. The molecule has 0 saturated carbocycles. The molecular formula is C25H29F3N4O2. The molecule has 2 aromatic carbocycles. The molecule has 2 heterocycles. The molecule has 182 valence electrons.